The molecule has 0 saturated heterocycles. The summed E-state index contributed by atoms with van der Waals surface area (Å²) in [5.74, 6) is -0.985. The van der Waals surface area contributed by atoms with Crippen LogP contribution in [0.25, 0.3) is 5.69 Å². The van der Waals surface area contributed by atoms with E-state index in [1.807, 2.05) is 12.1 Å². The van der Waals surface area contributed by atoms with Gasteiger partial charge in [0.1, 0.15) is 11.4 Å². The van der Waals surface area contributed by atoms with Crippen LogP contribution in [0.3, 0.4) is 0 Å². The Morgan fingerprint density at radius 2 is 1.89 bits per heavy atom. The van der Waals surface area contributed by atoms with Crippen LogP contribution in [-0.2, 0) is 12.6 Å². The third-order valence-corrected chi connectivity index (χ3v) is 6.74. The molecule has 8 nitrogen and oxygen atoms in total. The van der Waals surface area contributed by atoms with Crippen molar-refractivity contribution in [1.29, 1.82) is 0 Å². The van der Waals surface area contributed by atoms with E-state index < -0.39 is 23.7 Å². The van der Waals surface area contributed by atoms with Crippen LogP contribution < -0.4 is 15.0 Å². The van der Waals surface area contributed by atoms with Gasteiger partial charge >= 0.3 is 6.18 Å². The number of carbonyl (C=O) groups is 2. The zero-order valence-corrected chi connectivity index (χ0v) is 21.9. The van der Waals surface area contributed by atoms with Gasteiger partial charge in [-0.05, 0) is 83.6 Å². The standard InChI is InChI=1S/C26H19F3IN5O3/c1-38-18-8-9-21(20(13-18)24(36)32-16-3-2-11-31-14-16)35-22-19(23(33-35)26(27,28)29)10-12-34(25(22)37)17-6-4-15(30)5-7-17/h2-9,11,13-14H,10,12H2,1H3,(H,32,36). The number of hydrogen-bond acceptors (Lipinski definition) is 5. The molecular weight excluding hydrogens is 614 g/mol. The van der Waals surface area contributed by atoms with E-state index >= 15 is 0 Å². The van der Waals surface area contributed by atoms with Gasteiger partial charge in [0.15, 0.2) is 5.69 Å². The zero-order chi connectivity index (χ0) is 27.0. The van der Waals surface area contributed by atoms with Crippen molar-refractivity contribution >= 4 is 45.8 Å². The van der Waals surface area contributed by atoms with Crippen LogP contribution in [0, 0.1) is 3.57 Å². The molecule has 0 bridgehead atoms. The summed E-state index contributed by atoms with van der Waals surface area (Å²) < 4.78 is 49.3. The Morgan fingerprint density at radius 3 is 2.55 bits per heavy atom. The van der Waals surface area contributed by atoms with E-state index in [4.69, 9.17) is 4.74 Å². The van der Waals surface area contributed by atoms with Crippen LogP contribution in [0.4, 0.5) is 24.5 Å². The molecule has 0 atom stereocenters. The summed E-state index contributed by atoms with van der Waals surface area (Å²) in [7, 11) is 1.40. The minimum atomic E-state index is -4.80. The molecular formula is C26H19F3IN5O3. The predicted octanol–water partition coefficient (Wildman–Crippen LogP) is 5.35. The second kappa shape index (κ2) is 10.1. The Bertz CT molecular complexity index is 1520. The number of nitrogens with zero attached hydrogens (tertiary/aromatic N) is 4. The summed E-state index contributed by atoms with van der Waals surface area (Å²) in [4.78, 5) is 32.4. The van der Waals surface area contributed by atoms with Crippen LogP contribution in [0.15, 0.2) is 67.0 Å². The highest BCUT2D eigenvalue weighted by Gasteiger charge is 2.43. The maximum atomic E-state index is 14.1. The molecule has 2 amide bonds. The lowest BCUT2D eigenvalue weighted by molar-refractivity contribution is -0.141. The lowest BCUT2D eigenvalue weighted by atomic mass is 10.0. The van der Waals surface area contributed by atoms with Gasteiger partial charge < -0.3 is 15.0 Å². The summed E-state index contributed by atoms with van der Waals surface area (Å²) in [5.41, 5.74) is -0.723. The fourth-order valence-electron chi connectivity index (χ4n) is 4.27. The molecule has 5 rings (SSSR count). The largest absolute Gasteiger partial charge is 0.497 e. The minimum Gasteiger partial charge on any atom is -0.497 e. The Morgan fingerprint density at radius 1 is 1.13 bits per heavy atom. The third kappa shape index (κ3) is 4.83. The predicted molar refractivity (Wildman–Crippen MR) is 142 cm³/mol. The van der Waals surface area contributed by atoms with Gasteiger partial charge in [-0.3, -0.25) is 14.6 Å². The molecule has 3 heterocycles. The molecule has 194 valence electrons. The van der Waals surface area contributed by atoms with Gasteiger partial charge in [0.2, 0.25) is 0 Å². The Hall–Kier alpha value is -3.94. The van der Waals surface area contributed by atoms with Gasteiger partial charge in [-0.2, -0.15) is 18.3 Å². The van der Waals surface area contributed by atoms with Crippen LogP contribution in [0.2, 0.25) is 0 Å². The topological polar surface area (TPSA) is 89.4 Å². The van der Waals surface area contributed by atoms with Crippen molar-refractivity contribution in [3.63, 3.8) is 0 Å². The summed E-state index contributed by atoms with van der Waals surface area (Å²) in [6.45, 7) is 0.0537. The van der Waals surface area contributed by atoms with Crippen LogP contribution >= 0.6 is 22.6 Å². The number of methoxy groups -OCH3 is 1. The van der Waals surface area contributed by atoms with Crippen molar-refractivity contribution in [2.75, 3.05) is 23.9 Å². The number of fused-ring (bicyclic) bond motifs is 1. The number of hydrogen-bond donors (Lipinski definition) is 1. The van der Waals surface area contributed by atoms with Crippen LogP contribution in [0.1, 0.15) is 32.1 Å². The number of halogens is 4. The maximum absolute atomic E-state index is 14.1. The normalized spacial score (nSPS) is 13.3. The molecule has 0 fully saturated rings. The number of nitrogens with one attached hydrogen (secondary N) is 1. The Balaban J connectivity index is 1.66. The van der Waals surface area contributed by atoms with Crippen molar-refractivity contribution in [1.82, 2.24) is 14.8 Å². The molecule has 1 aliphatic rings. The van der Waals surface area contributed by atoms with Gasteiger partial charge in [0.05, 0.1) is 30.2 Å². The van der Waals surface area contributed by atoms with E-state index in [-0.39, 0.29) is 35.5 Å². The molecule has 0 radical (unpaired) electrons. The smallest absolute Gasteiger partial charge is 0.435 e. The van der Waals surface area contributed by atoms with Crippen molar-refractivity contribution in [2.24, 2.45) is 0 Å². The fraction of sp³-hybridized carbons (Fsp3) is 0.154. The third-order valence-electron chi connectivity index (χ3n) is 6.02. The van der Waals surface area contributed by atoms with E-state index in [2.05, 4.69) is 38.0 Å². The number of rotatable bonds is 5. The second-order valence-electron chi connectivity index (χ2n) is 8.35. The molecule has 0 spiro atoms. The van der Waals surface area contributed by atoms with E-state index in [1.54, 1.807) is 24.3 Å². The van der Waals surface area contributed by atoms with Crippen LogP contribution in [0.5, 0.6) is 5.75 Å². The lowest BCUT2D eigenvalue weighted by Crippen LogP contribution is -2.39. The highest BCUT2D eigenvalue weighted by molar-refractivity contribution is 14.1. The number of benzene rings is 2. The fourth-order valence-corrected chi connectivity index (χ4v) is 4.63. The van der Waals surface area contributed by atoms with E-state index in [0.29, 0.717) is 17.1 Å². The molecule has 2 aromatic carbocycles. The first-order chi connectivity index (χ1) is 18.2. The average molecular weight is 633 g/mol. The Kier molecular flexibility index (Phi) is 6.82. The number of pyridine rings is 1. The quantitative estimate of drug-likeness (QED) is 0.300. The highest BCUT2D eigenvalue weighted by atomic mass is 127. The van der Waals surface area contributed by atoms with E-state index in [1.165, 1.54) is 42.6 Å². The first kappa shape index (κ1) is 25.7. The first-order valence-electron chi connectivity index (χ1n) is 11.3. The van der Waals surface area contributed by atoms with Gasteiger partial charge in [0.25, 0.3) is 11.8 Å². The van der Waals surface area contributed by atoms with Crippen molar-refractivity contribution in [3.8, 4) is 11.4 Å². The maximum Gasteiger partial charge on any atom is 0.435 e. The minimum absolute atomic E-state index is 0.00301. The second-order valence-corrected chi connectivity index (χ2v) is 9.59. The number of alkyl halides is 3. The number of aromatic nitrogens is 3. The molecule has 0 saturated carbocycles. The number of amides is 2. The van der Waals surface area contributed by atoms with Gasteiger partial charge in [-0.25, -0.2) is 4.68 Å². The summed E-state index contributed by atoms with van der Waals surface area (Å²) in [6, 6.07) is 14.6. The number of carbonyl (C=O) groups excluding carboxylic acids is 2. The summed E-state index contributed by atoms with van der Waals surface area (Å²) in [6.07, 6.45) is -1.90. The monoisotopic (exact) mass is 633 g/mol. The number of ether oxygens (including phenoxy) is 1. The molecule has 0 unspecified atom stereocenters. The molecule has 1 aliphatic heterocycles. The van der Waals surface area contributed by atoms with Crippen molar-refractivity contribution in [3.05, 3.63) is 93.1 Å². The van der Waals surface area contributed by atoms with Crippen LogP contribution in [-0.4, -0.2) is 40.2 Å². The number of anilines is 2. The average Bonchev–Trinajstić information content (AvgIpc) is 3.31. The van der Waals surface area contributed by atoms with Crippen molar-refractivity contribution < 1.29 is 27.5 Å². The lowest BCUT2D eigenvalue weighted by Gasteiger charge is -2.28. The zero-order valence-electron chi connectivity index (χ0n) is 19.8. The molecule has 0 aliphatic carbocycles. The molecule has 38 heavy (non-hydrogen) atoms. The van der Waals surface area contributed by atoms with Gasteiger partial charge in [0, 0.05) is 27.6 Å². The van der Waals surface area contributed by atoms with Crippen molar-refractivity contribution in [2.45, 2.75) is 12.6 Å². The molecule has 12 heteroatoms. The van der Waals surface area contributed by atoms with Gasteiger partial charge in [-0.1, -0.05) is 0 Å². The van der Waals surface area contributed by atoms with Gasteiger partial charge in [-0.15, -0.1) is 0 Å². The Labute approximate surface area is 228 Å². The first-order valence-corrected chi connectivity index (χ1v) is 12.4. The summed E-state index contributed by atoms with van der Waals surface area (Å²) >= 11 is 2.13. The summed E-state index contributed by atoms with van der Waals surface area (Å²) in [5, 5.41) is 6.51. The van der Waals surface area contributed by atoms with E-state index in [9.17, 15) is 22.8 Å². The molecule has 1 N–H and O–H groups in total. The SMILES string of the molecule is COc1ccc(-n2nc(C(F)(F)F)c3c2C(=O)N(c2ccc(I)cc2)CC3)c(C(=O)Nc2cccnc2)c1. The highest BCUT2D eigenvalue weighted by Crippen LogP contribution is 2.38. The molecule has 4 aromatic rings. The molecule has 2 aromatic heterocycles. The van der Waals surface area contributed by atoms with E-state index in [0.717, 1.165) is 8.25 Å².